The molecule has 0 unspecified atom stereocenters. The highest BCUT2D eigenvalue weighted by atomic mass is 32.2. The molecule has 1 aromatic carbocycles. The Bertz CT molecular complexity index is 537. The quantitative estimate of drug-likeness (QED) is 0.791. The van der Waals surface area contributed by atoms with Crippen LogP contribution in [0, 0.1) is 6.92 Å². The van der Waals surface area contributed by atoms with Crippen LogP contribution in [0.2, 0.25) is 0 Å². The fourth-order valence-electron chi connectivity index (χ4n) is 1.39. The molecule has 1 heterocycles. The number of ketones is 1. The monoisotopic (exact) mass is 264 g/mol. The first-order valence-electron chi connectivity index (χ1n) is 5.31. The molecule has 0 fully saturated rings. The van der Waals surface area contributed by atoms with Gasteiger partial charge in [-0.05, 0) is 13.0 Å². The Hall–Kier alpha value is -1.20. The molecule has 0 aliphatic carbocycles. The fraction of sp³-hybridized carbons (Fsp3) is 0.250. The zero-order valence-electron chi connectivity index (χ0n) is 9.64. The first-order chi connectivity index (χ1) is 8.20. The van der Waals surface area contributed by atoms with Crippen LogP contribution in [0.15, 0.2) is 33.5 Å². The van der Waals surface area contributed by atoms with Gasteiger partial charge in [0.15, 0.2) is 10.1 Å². The van der Waals surface area contributed by atoms with Crippen molar-refractivity contribution in [2.75, 3.05) is 0 Å². The maximum absolute atomic E-state index is 11.8. The number of hydrogen-bond acceptors (Lipinski definition) is 5. The van der Waals surface area contributed by atoms with Crippen molar-refractivity contribution in [1.29, 1.82) is 0 Å². The van der Waals surface area contributed by atoms with Gasteiger partial charge in [0.05, 0.1) is 0 Å². The number of benzene rings is 1. The minimum atomic E-state index is 0.161. The zero-order chi connectivity index (χ0) is 12.3. The largest absolute Gasteiger partial charge is 0.294 e. The van der Waals surface area contributed by atoms with Crippen LogP contribution in [0.3, 0.4) is 0 Å². The van der Waals surface area contributed by atoms with Crippen LogP contribution in [0.5, 0.6) is 0 Å². The van der Waals surface area contributed by atoms with E-state index in [1.54, 1.807) is 11.3 Å². The minimum absolute atomic E-state index is 0.161. The number of carbonyl (C=O) groups excluding carboxylic acids is 1. The van der Waals surface area contributed by atoms with E-state index in [-0.39, 0.29) is 5.78 Å². The lowest BCUT2D eigenvalue weighted by molar-refractivity contribution is 0.0985. The van der Waals surface area contributed by atoms with E-state index < -0.39 is 0 Å². The van der Waals surface area contributed by atoms with Crippen molar-refractivity contribution in [2.24, 2.45) is 0 Å². The van der Waals surface area contributed by atoms with Crippen molar-refractivity contribution in [3.05, 3.63) is 34.8 Å². The second kappa shape index (κ2) is 5.42. The minimum Gasteiger partial charge on any atom is -0.294 e. The molecule has 1 aromatic heterocycles. The molecular formula is C12H12N2OS2. The lowest BCUT2D eigenvalue weighted by Crippen LogP contribution is -1.98. The van der Waals surface area contributed by atoms with E-state index in [1.807, 2.05) is 38.1 Å². The molecule has 0 saturated heterocycles. The summed E-state index contributed by atoms with van der Waals surface area (Å²) in [5.41, 5.74) is 0.771. The fourth-order valence-corrected chi connectivity index (χ4v) is 3.31. The maximum atomic E-state index is 11.8. The molecule has 2 aromatic rings. The third-order valence-electron chi connectivity index (χ3n) is 2.21. The van der Waals surface area contributed by atoms with Gasteiger partial charge in [-0.25, -0.2) is 0 Å². The molecule has 88 valence electrons. The van der Waals surface area contributed by atoms with Gasteiger partial charge in [-0.15, -0.1) is 10.2 Å². The maximum Gasteiger partial charge on any atom is 0.179 e. The van der Waals surface area contributed by atoms with Crippen LogP contribution in [0.1, 0.15) is 28.7 Å². The van der Waals surface area contributed by atoms with E-state index in [9.17, 15) is 4.79 Å². The van der Waals surface area contributed by atoms with Gasteiger partial charge in [-0.3, -0.25) is 4.79 Å². The van der Waals surface area contributed by atoms with Gasteiger partial charge >= 0.3 is 0 Å². The van der Waals surface area contributed by atoms with Gasteiger partial charge in [0.25, 0.3) is 0 Å². The van der Waals surface area contributed by atoms with E-state index in [4.69, 9.17) is 0 Å². The van der Waals surface area contributed by atoms with Crippen LogP contribution >= 0.6 is 23.1 Å². The molecule has 5 heteroatoms. The third kappa shape index (κ3) is 2.92. The summed E-state index contributed by atoms with van der Waals surface area (Å²) in [6, 6.07) is 7.63. The number of hydrogen-bond donors (Lipinski definition) is 0. The third-order valence-corrected chi connectivity index (χ3v) is 4.18. The summed E-state index contributed by atoms with van der Waals surface area (Å²) in [6.45, 7) is 3.80. The van der Waals surface area contributed by atoms with Crippen molar-refractivity contribution in [1.82, 2.24) is 10.2 Å². The lowest BCUT2D eigenvalue weighted by atomic mass is 10.1. The van der Waals surface area contributed by atoms with Gasteiger partial charge in [-0.2, -0.15) is 0 Å². The van der Waals surface area contributed by atoms with E-state index >= 15 is 0 Å². The van der Waals surface area contributed by atoms with E-state index in [0.717, 1.165) is 19.8 Å². The topological polar surface area (TPSA) is 42.9 Å². The second-order valence-corrected chi connectivity index (χ2v) is 5.93. The molecule has 0 aliphatic heterocycles. The molecule has 3 nitrogen and oxygen atoms in total. The van der Waals surface area contributed by atoms with E-state index in [2.05, 4.69) is 10.2 Å². The Morgan fingerprint density at radius 1 is 1.35 bits per heavy atom. The summed E-state index contributed by atoms with van der Waals surface area (Å²) >= 11 is 3.04. The van der Waals surface area contributed by atoms with Gasteiger partial charge in [-0.1, -0.05) is 48.2 Å². The molecule has 0 N–H and O–H groups in total. The SMILES string of the molecule is CCC(=O)c1ccccc1Sc1nnc(C)s1. The second-order valence-electron chi connectivity index (χ2n) is 3.46. The lowest BCUT2D eigenvalue weighted by Gasteiger charge is -2.04. The van der Waals surface area contributed by atoms with Crippen molar-refractivity contribution < 1.29 is 4.79 Å². The highest BCUT2D eigenvalue weighted by molar-refractivity contribution is 8.01. The molecular weight excluding hydrogens is 252 g/mol. The number of carbonyl (C=O) groups is 1. The highest BCUT2D eigenvalue weighted by Crippen LogP contribution is 2.32. The van der Waals surface area contributed by atoms with Gasteiger partial charge in [0.1, 0.15) is 5.01 Å². The van der Waals surface area contributed by atoms with Crippen LogP contribution in [-0.2, 0) is 0 Å². The molecule has 0 spiro atoms. The average molecular weight is 264 g/mol. The van der Waals surface area contributed by atoms with Crippen LogP contribution in [-0.4, -0.2) is 16.0 Å². The number of rotatable bonds is 4. The first kappa shape index (κ1) is 12.3. The van der Waals surface area contributed by atoms with Crippen LogP contribution < -0.4 is 0 Å². The molecule has 0 saturated carbocycles. The number of aromatic nitrogens is 2. The number of nitrogens with zero attached hydrogens (tertiary/aromatic N) is 2. The smallest absolute Gasteiger partial charge is 0.179 e. The predicted molar refractivity (Wildman–Crippen MR) is 69.8 cm³/mol. The number of aryl methyl sites for hydroxylation is 1. The van der Waals surface area contributed by atoms with Crippen molar-refractivity contribution >= 4 is 28.9 Å². The van der Waals surface area contributed by atoms with Gasteiger partial charge in [0.2, 0.25) is 0 Å². The normalized spacial score (nSPS) is 10.5. The molecule has 0 bridgehead atoms. The Morgan fingerprint density at radius 2 is 2.12 bits per heavy atom. The van der Waals surface area contributed by atoms with Crippen molar-refractivity contribution in [3.63, 3.8) is 0 Å². The van der Waals surface area contributed by atoms with Gasteiger partial charge < -0.3 is 0 Å². The molecule has 0 aliphatic rings. The van der Waals surface area contributed by atoms with Crippen LogP contribution in [0.25, 0.3) is 0 Å². The van der Waals surface area contributed by atoms with E-state index in [1.165, 1.54) is 11.8 Å². The Kier molecular flexibility index (Phi) is 3.91. The summed E-state index contributed by atoms with van der Waals surface area (Å²) in [4.78, 5) is 12.7. The summed E-state index contributed by atoms with van der Waals surface area (Å²) in [7, 11) is 0. The van der Waals surface area contributed by atoms with Crippen molar-refractivity contribution in [2.45, 2.75) is 29.5 Å². The summed E-state index contributed by atoms with van der Waals surface area (Å²) in [6.07, 6.45) is 0.521. The summed E-state index contributed by atoms with van der Waals surface area (Å²) < 4.78 is 0.874. The standard InChI is InChI=1S/C12H12N2OS2/c1-3-10(15)9-6-4-5-7-11(9)17-12-14-13-8(2)16-12/h4-7H,3H2,1-2H3. The molecule has 0 amide bonds. The highest BCUT2D eigenvalue weighted by Gasteiger charge is 2.11. The number of Topliss-reactive ketones (excluding diaryl/α,β-unsaturated/α-hetero) is 1. The average Bonchev–Trinajstić information content (AvgIpc) is 2.74. The Morgan fingerprint density at radius 3 is 2.76 bits per heavy atom. The molecule has 0 atom stereocenters. The first-order valence-corrected chi connectivity index (χ1v) is 6.94. The Labute approximate surface area is 108 Å². The van der Waals surface area contributed by atoms with Gasteiger partial charge in [0, 0.05) is 16.9 Å². The van der Waals surface area contributed by atoms with Crippen molar-refractivity contribution in [3.8, 4) is 0 Å². The molecule has 17 heavy (non-hydrogen) atoms. The predicted octanol–water partition coefficient (Wildman–Crippen LogP) is 3.59. The van der Waals surface area contributed by atoms with E-state index in [0.29, 0.717) is 6.42 Å². The molecule has 0 radical (unpaired) electrons. The summed E-state index contributed by atoms with van der Waals surface area (Å²) in [5.74, 6) is 0.161. The summed E-state index contributed by atoms with van der Waals surface area (Å²) in [5, 5.41) is 8.96. The van der Waals surface area contributed by atoms with Crippen LogP contribution in [0.4, 0.5) is 0 Å². The molecule has 2 rings (SSSR count). The Balaban J connectivity index is 2.29. The zero-order valence-corrected chi connectivity index (χ0v) is 11.3.